The van der Waals surface area contributed by atoms with E-state index in [0.717, 1.165) is 11.1 Å². The highest BCUT2D eigenvalue weighted by Crippen LogP contribution is 2.27. The lowest BCUT2D eigenvalue weighted by Gasteiger charge is -2.22. The Kier molecular flexibility index (Phi) is 7.60. The van der Waals surface area contributed by atoms with E-state index in [1.807, 2.05) is 45.0 Å². The first kappa shape index (κ1) is 23.8. The highest BCUT2D eigenvalue weighted by molar-refractivity contribution is 7.89. The van der Waals surface area contributed by atoms with Crippen LogP contribution in [0.3, 0.4) is 0 Å². The topological polar surface area (TPSA) is 110 Å². The van der Waals surface area contributed by atoms with Crippen LogP contribution >= 0.6 is 11.3 Å². The molecule has 2 unspecified atom stereocenters. The van der Waals surface area contributed by atoms with Crippen molar-refractivity contribution < 1.29 is 17.9 Å². The van der Waals surface area contributed by atoms with E-state index in [1.165, 1.54) is 30.6 Å². The van der Waals surface area contributed by atoms with Crippen LogP contribution in [-0.2, 0) is 14.8 Å². The number of hydrogen-bond donors (Lipinski definition) is 2. The molecule has 3 aromatic rings. The molecule has 0 aliphatic heterocycles. The maximum absolute atomic E-state index is 13.0. The predicted octanol–water partition coefficient (Wildman–Crippen LogP) is 3.85. The second kappa shape index (κ2) is 10.2. The van der Waals surface area contributed by atoms with Crippen LogP contribution in [0.25, 0.3) is 10.6 Å². The summed E-state index contributed by atoms with van der Waals surface area (Å²) >= 11 is 1.23. The van der Waals surface area contributed by atoms with Crippen molar-refractivity contribution >= 4 is 32.4 Å². The quantitative estimate of drug-likeness (QED) is 0.487. The van der Waals surface area contributed by atoms with E-state index in [0.29, 0.717) is 22.3 Å². The maximum Gasteiger partial charge on any atom is 0.244 e. The number of carbonyl (C=O) groups is 1. The molecule has 1 heterocycles. The molecule has 3 rings (SSSR count). The van der Waals surface area contributed by atoms with Crippen LogP contribution in [0.4, 0.5) is 5.13 Å². The molecular formula is C22H26N4O4S2. The first-order valence-electron chi connectivity index (χ1n) is 10.1. The molecule has 32 heavy (non-hydrogen) atoms. The highest BCUT2D eigenvalue weighted by atomic mass is 32.2. The van der Waals surface area contributed by atoms with E-state index in [9.17, 15) is 13.2 Å². The van der Waals surface area contributed by atoms with Gasteiger partial charge < -0.3 is 4.74 Å². The molecule has 0 spiro atoms. The van der Waals surface area contributed by atoms with Crippen molar-refractivity contribution in [1.82, 2.24) is 14.9 Å². The molecule has 1 aromatic heterocycles. The number of amides is 1. The molecule has 2 N–H and O–H groups in total. The molecule has 0 aliphatic rings. The van der Waals surface area contributed by atoms with Crippen molar-refractivity contribution in [2.75, 3.05) is 12.4 Å². The molecule has 1 amide bonds. The van der Waals surface area contributed by atoms with Gasteiger partial charge in [-0.1, -0.05) is 55.4 Å². The van der Waals surface area contributed by atoms with Gasteiger partial charge in [-0.05, 0) is 43.2 Å². The Hall–Kier alpha value is -2.82. The van der Waals surface area contributed by atoms with Gasteiger partial charge in [-0.3, -0.25) is 10.1 Å². The van der Waals surface area contributed by atoms with Gasteiger partial charge >= 0.3 is 0 Å². The second-order valence-corrected chi connectivity index (χ2v) is 10.1. The van der Waals surface area contributed by atoms with Gasteiger partial charge in [0.05, 0.1) is 12.0 Å². The van der Waals surface area contributed by atoms with Gasteiger partial charge in [0.1, 0.15) is 16.8 Å². The summed E-state index contributed by atoms with van der Waals surface area (Å²) in [6.45, 7) is 5.70. The lowest BCUT2D eigenvalue weighted by molar-refractivity contribution is -0.118. The van der Waals surface area contributed by atoms with E-state index in [1.54, 1.807) is 12.1 Å². The monoisotopic (exact) mass is 474 g/mol. The predicted molar refractivity (Wildman–Crippen MR) is 125 cm³/mol. The molecule has 2 aromatic carbocycles. The number of aromatic nitrogens is 2. The normalized spacial score (nSPS) is 13.4. The van der Waals surface area contributed by atoms with E-state index in [-0.39, 0.29) is 10.8 Å². The molecule has 0 bridgehead atoms. The van der Waals surface area contributed by atoms with Crippen molar-refractivity contribution in [1.29, 1.82) is 0 Å². The summed E-state index contributed by atoms with van der Waals surface area (Å²) in [5.74, 6) is -0.184. The molecule has 170 valence electrons. The number of methoxy groups -OCH3 is 1. The molecule has 0 saturated heterocycles. The van der Waals surface area contributed by atoms with Crippen LogP contribution < -0.4 is 14.8 Å². The minimum Gasteiger partial charge on any atom is -0.497 e. The smallest absolute Gasteiger partial charge is 0.244 e. The van der Waals surface area contributed by atoms with Gasteiger partial charge in [-0.2, -0.15) is 4.72 Å². The molecule has 2 atom stereocenters. The van der Waals surface area contributed by atoms with Crippen molar-refractivity contribution in [3.05, 3.63) is 54.1 Å². The molecule has 10 heteroatoms. The van der Waals surface area contributed by atoms with Crippen molar-refractivity contribution in [3.8, 4) is 16.3 Å². The Morgan fingerprint density at radius 3 is 2.50 bits per heavy atom. The lowest BCUT2D eigenvalue weighted by atomic mass is 9.99. The summed E-state index contributed by atoms with van der Waals surface area (Å²) in [4.78, 5) is 13.1. The summed E-state index contributed by atoms with van der Waals surface area (Å²) in [5.41, 5.74) is 2.00. The lowest BCUT2D eigenvalue weighted by Crippen LogP contribution is -2.47. The number of ether oxygens (including phenoxy) is 1. The summed E-state index contributed by atoms with van der Waals surface area (Å²) in [5, 5.41) is 11.9. The summed E-state index contributed by atoms with van der Waals surface area (Å²) in [7, 11) is -2.42. The van der Waals surface area contributed by atoms with Gasteiger partial charge in [0.25, 0.3) is 0 Å². The number of carbonyl (C=O) groups excluding carboxylic acids is 1. The third-order valence-corrected chi connectivity index (χ3v) is 7.41. The largest absolute Gasteiger partial charge is 0.497 e. The van der Waals surface area contributed by atoms with Crippen LogP contribution in [0.1, 0.15) is 25.8 Å². The number of benzene rings is 2. The maximum atomic E-state index is 13.0. The fourth-order valence-electron chi connectivity index (χ4n) is 3.01. The average molecular weight is 475 g/mol. The van der Waals surface area contributed by atoms with Gasteiger partial charge in [0.15, 0.2) is 0 Å². The third kappa shape index (κ3) is 5.70. The van der Waals surface area contributed by atoms with Crippen LogP contribution in [0.5, 0.6) is 5.75 Å². The Morgan fingerprint density at radius 1 is 1.16 bits per heavy atom. The molecule has 0 saturated carbocycles. The zero-order valence-corrected chi connectivity index (χ0v) is 20.0. The number of nitrogens with one attached hydrogen (secondary N) is 2. The number of hydrogen-bond acceptors (Lipinski definition) is 7. The zero-order valence-electron chi connectivity index (χ0n) is 18.3. The summed E-state index contributed by atoms with van der Waals surface area (Å²) in [6.07, 6.45) is 0.605. The average Bonchev–Trinajstić information content (AvgIpc) is 3.25. The highest BCUT2D eigenvalue weighted by Gasteiger charge is 2.30. The van der Waals surface area contributed by atoms with Crippen molar-refractivity contribution in [3.63, 3.8) is 0 Å². The number of anilines is 1. The SMILES string of the molecule is CCC(C)C(NS(=O)(=O)c1ccc(OC)cc1)C(=O)Nc1nnc(-c2cccc(C)c2)s1. The van der Waals surface area contributed by atoms with Gasteiger partial charge in [-0.25, -0.2) is 8.42 Å². The fourth-order valence-corrected chi connectivity index (χ4v) is 5.05. The van der Waals surface area contributed by atoms with Crippen LogP contribution in [-0.4, -0.2) is 37.7 Å². The van der Waals surface area contributed by atoms with Crippen molar-refractivity contribution in [2.24, 2.45) is 5.92 Å². The van der Waals surface area contributed by atoms with Crippen LogP contribution in [0, 0.1) is 12.8 Å². The minimum absolute atomic E-state index is 0.0528. The molecule has 8 nitrogen and oxygen atoms in total. The first-order chi connectivity index (χ1) is 15.2. The third-order valence-electron chi connectivity index (χ3n) is 5.07. The Bertz CT molecular complexity index is 1180. The Labute approximate surface area is 192 Å². The molecule has 0 aliphatic carbocycles. The Balaban J connectivity index is 1.78. The first-order valence-corrected chi connectivity index (χ1v) is 12.4. The number of rotatable bonds is 9. The standard InChI is InChI=1S/C22H26N4O4S2/c1-5-15(3)19(26-32(28,29)18-11-9-17(30-4)10-12-18)20(27)23-22-25-24-21(31-22)16-8-6-7-14(2)13-16/h6-13,15,19,26H,5H2,1-4H3,(H,23,25,27). The fraction of sp³-hybridized carbons (Fsp3) is 0.318. The Morgan fingerprint density at radius 2 is 1.88 bits per heavy atom. The van der Waals surface area contributed by atoms with Gasteiger partial charge in [0, 0.05) is 5.56 Å². The van der Waals surface area contributed by atoms with E-state index in [2.05, 4.69) is 20.2 Å². The van der Waals surface area contributed by atoms with Gasteiger partial charge in [0.2, 0.25) is 21.1 Å². The number of aryl methyl sites for hydroxylation is 1. The van der Waals surface area contributed by atoms with Crippen LogP contribution in [0.15, 0.2) is 53.4 Å². The van der Waals surface area contributed by atoms with Gasteiger partial charge in [-0.15, -0.1) is 10.2 Å². The van der Waals surface area contributed by atoms with E-state index < -0.39 is 22.0 Å². The number of nitrogens with zero attached hydrogens (tertiary/aromatic N) is 2. The van der Waals surface area contributed by atoms with Crippen LogP contribution in [0.2, 0.25) is 0 Å². The number of sulfonamides is 1. The van der Waals surface area contributed by atoms with Crippen molar-refractivity contribution in [2.45, 2.75) is 38.1 Å². The van der Waals surface area contributed by atoms with E-state index >= 15 is 0 Å². The summed E-state index contributed by atoms with van der Waals surface area (Å²) in [6, 6.07) is 12.8. The summed E-state index contributed by atoms with van der Waals surface area (Å²) < 4.78 is 33.4. The molecule has 0 radical (unpaired) electrons. The zero-order chi connectivity index (χ0) is 23.3. The van der Waals surface area contributed by atoms with E-state index in [4.69, 9.17) is 4.74 Å². The molecular weight excluding hydrogens is 448 g/mol. The second-order valence-electron chi connectivity index (χ2n) is 7.43. The molecule has 0 fully saturated rings. The minimum atomic E-state index is -3.92.